The van der Waals surface area contributed by atoms with E-state index in [0.29, 0.717) is 11.8 Å². The quantitative estimate of drug-likeness (QED) is 0.700. The molecule has 0 radical (unpaired) electrons. The molecule has 0 aromatic heterocycles. The molecular weight excluding hydrogens is 250 g/mol. The lowest BCUT2D eigenvalue weighted by Crippen LogP contribution is -2.51. The van der Waals surface area contributed by atoms with Crippen LogP contribution in [0.15, 0.2) is 0 Å². The van der Waals surface area contributed by atoms with Crippen molar-refractivity contribution in [2.24, 2.45) is 23.2 Å². The molecule has 3 nitrogen and oxygen atoms in total. The monoisotopic (exact) mass is 279 g/mol. The van der Waals surface area contributed by atoms with E-state index in [4.69, 9.17) is 4.74 Å². The minimum Gasteiger partial charge on any atom is -0.469 e. The van der Waals surface area contributed by atoms with E-state index >= 15 is 0 Å². The predicted molar refractivity (Wildman–Crippen MR) is 79.4 cm³/mol. The van der Waals surface area contributed by atoms with Crippen LogP contribution in [0.5, 0.6) is 0 Å². The molecule has 4 bridgehead atoms. The van der Waals surface area contributed by atoms with Gasteiger partial charge in [-0.3, -0.25) is 4.79 Å². The van der Waals surface area contributed by atoms with E-state index in [9.17, 15) is 4.79 Å². The van der Waals surface area contributed by atoms with Gasteiger partial charge in [-0.2, -0.15) is 0 Å². The first-order valence-electron chi connectivity index (χ1n) is 8.41. The first-order chi connectivity index (χ1) is 9.62. The van der Waals surface area contributed by atoms with Crippen LogP contribution in [0.25, 0.3) is 0 Å². The third-order valence-corrected chi connectivity index (χ3v) is 6.03. The van der Waals surface area contributed by atoms with Crippen LogP contribution in [0.3, 0.4) is 0 Å². The molecule has 4 saturated carbocycles. The fraction of sp³-hybridized carbons (Fsp3) is 0.941. The van der Waals surface area contributed by atoms with Crippen LogP contribution < -0.4 is 0 Å². The Morgan fingerprint density at radius 1 is 1.15 bits per heavy atom. The zero-order chi connectivity index (χ0) is 14.2. The Balaban J connectivity index is 1.59. The van der Waals surface area contributed by atoms with Crippen molar-refractivity contribution in [3.63, 3.8) is 0 Å². The van der Waals surface area contributed by atoms with Gasteiger partial charge < -0.3 is 9.64 Å². The second-order valence-electron chi connectivity index (χ2n) is 7.61. The van der Waals surface area contributed by atoms with Crippen LogP contribution in [-0.4, -0.2) is 37.6 Å². The lowest BCUT2D eigenvalue weighted by atomic mass is 9.49. The summed E-state index contributed by atoms with van der Waals surface area (Å²) < 4.78 is 4.77. The Hall–Kier alpha value is -0.570. The maximum Gasteiger partial charge on any atom is 0.306 e. The van der Waals surface area contributed by atoms with E-state index in [1.165, 1.54) is 52.2 Å². The second kappa shape index (κ2) is 5.67. The van der Waals surface area contributed by atoms with Crippen LogP contribution in [0.1, 0.15) is 51.9 Å². The Morgan fingerprint density at radius 3 is 2.15 bits per heavy atom. The lowest BCUT2D eigenvalue weighted by Gasteiger charge is -2.58. The molecule has 114 valence electrons. The highest BCUT2D eigenvalue weighted by molar-refractivity contribution is 5.69. The summed E-state index contributed by atoms with van der Waals surface area (Å²) in [6, 6.07) is 0. The number of carbonyl (C=O) groups is 1. The summed E-state index contributed by atoms with van der Waals surface area (Å²) in [7, 11) is 1.48. The number of esters is 1. The van der Waals surface area contributed by atoms with E-state index in [1.807, 2.05) is 0 Å². The SMILES string of the molecule is CCN(CCC(=O)OC)CC12CC3CC(CC(C3)C1)C2. The standard InChI is InChI=1S/C17H29NO2/c1-3-18(5-4-16(19)20-2)12-17-9-13-6-14(10-17)8-15(7-13)11-17/h13-15H,3-12H2,1-2H3. The molecule has 0 aromatic carbocycles. The van der Waals surface area contributed by atoms with Crippen LogP contribution in [-0.2, 0) is 9.53 Å². The molecule has 4 rings (SSSR count). The normalized spacial score (nSPS) is 38.5. The summed E-state index contributed by atoms with van der Waals surface area (Å²) in [5.41, 5.74) is 0.584. The van der Waals surface area contributed by atoms with Gasteiger partial charge in [-0.05, 0) is 68.2 Å². The summed E-state index contributed by atoms with van der Waals surface area (Å²) in [4.78, 5) is 13.8. The molecule has 0 heterocycles. The highest BCUT2D eigenvalue weighted by Crippen LogP contribution is 2.60. The number of ether oxygens (including phenoxy) is 1. The van der Waals surface area contributed by atoms with Gasteiger partial charge in [0.15, 0.2) is 0 Å². The van der Waals surface area contributed by atoms with E-state index in [2.05, 4.69) is 11.8 Å². The van der Waals surface area contributed by atoms with Gasteiger partial charge in [0, 0.05) is 13.1 Å². The van der Waals surface area contributed by atoms with Crippen LogP contribution in [0, 0.1) is 23.2 Å². The number of methoxy groups -OCH3 is 1. The summed E-state index contributed by atoms with van der Waals surface area (Å²) in [6.45, 7) is 5.35. The zero-order valence-electron chi connectivity index (χ0n) is 13.1. The lowest BCUT2D eigenvalue weighted by molar-refractivity contribution is -0.141. The van der Waals surface area contributed by atoms with Crippen molar-refractivity contribution in [3.05, 3.63) is 0 Å². The van der Waals surface area contributed by atoms with E-state index in [0.717, 1.165) is 30.8 Å². The van der Waals surface area contributed by atoms with Gasteiger partial charge in [-0.15, -0.1) is 0 Å². The van der Waals surface area contributed by atoms with Gasteiger partial charge in [0.05, 0.1) is 13.5 Å². The van der Waals surface area contributed by atoms with E-state index in [-0.39, 0.29) is 5.97 Å². The van der Waals surface area contributed by atoms with Gasteiger partial charge in [0.1, 0.15) is 0 Å². The number of hydrogen-bond donors (Lipinski definition) is 0. The largest absolute Gasteiger partial charge is 0.469 e. The Morgan fingerprint density at radius 2 is 1.70 bits per heavy atom. The number of carbonyl (C=O) groups excluding carboxylic acids is 1. The van der Waals surface area contributed by atoms with Crippen molar-refractivity contribution < 1.29 is 9.53 Å². The van der Waals surface area contributed by atoms with Gasteiger partial charge in [0.2, 0.25) is 0 Å². The molecule has 0 atom stereocenters. The minimum absolute atomic E-state index is 0.0750. The second-order valence-corrected chi connectivity index (χ2v) is 7.61. The van der Waals surface area contributed by atoms with Crippen molar-refractivity contribution in [1.82, 2.24) is 4.90 Å². The first kappa shape index (κ1) is 14.4. The van der Waals surface area contributed by atoms with Crippen molar-refractivity contribution in [1.29, 1.82) is 0 Å². The third-order valence-electron chi connectivity index (χ3n) is 6.03. The average Bonchev–Trinajstić information content (AvgIpc) is 2.41. The Labute approximate surface area is 123 Å². The highest BCUT2D eigenvalue weighted by atomic mass is 16.5. The molecule has 0 spiro atoms. The molecule has 0 aromatic rings. The Bertz CT molecular complexity index is 331. The Kier molecular flexibility index (Phi) is 4.07. The summed E-state index contributed by atoms with van der Waals surface area (Å²) >= 11 is 0. The molecule has 0 N–H and O–H groups in total. The van der Waals surface area contributed by atoms with Gasteiger partial charge >= 0.3 is 5.97 Å². The molecule has 3 heteroatoms. The van der Waals surface area contributed by atoms with Crippen molar-refractivity contribution >= 4 is 5.97 Å². The molecule has 0 saturated heterocycles. The average molecular weight is 279 g/mol. The van der Waals surface area contributed by atoms with Gasteiger partial charge in [0.25, 0.3) is 0 Å². The molecule has 4 aliphatic rings. The van der Waals surface area contributed by atoms with Crippen LogP contribution >= 0.6 is 0 Å². The molecule has 4 fully saturated rings. The predicted octanol–water partition coefficient (Wildman–Crippen LogP) is 3.09. The van der Waals surface area contributed by atoms with Crippen molar-refractivity contribution in [2.75, 3.05) is 26.7 Å². The first-order valence-corrected chi connectivity index (χ1v) is 8.41. The van der Waals surface area contributed by atoms with Gasteiger partial charge in [-0.1, -0.05) is 6.92 Å². The fourth-order valence-corrected chi connectivity index (χ4v) is 5.66. The van der Waals surface area contributed by atoms with Crippen LogP contribution in [0.4, 0.5) is 0 Å². The number of hydrogen-bond acceptors (Lipinski definition) is 3. The number of rotatable bonds is 6. The van der Waals surface area contributed by atoms with Crippen molar-refractivity contribution in [2.45, 2.75) is 51.9 Å². The molecule has 0 aliphatic heterocycles. The minimum atomic E-state index is -0.0750. The fourth-order valence-electron chi connectivity index (χ4n) is 5.66. The summed E-state index contributed by atoms with van der Waals surface area (Å²) in [5.74, 6) is 2.97. The summed E-state index contributed by atoms with van der Waals surface area (Å²) in [5, 5.41) is 0. The summed E-state index contributed by atoms with van der Waals surface area (Å²) in [6.07, 6.45) is 9.42. The smallest absolute Gasteiger partial charge is 0.306 e. The van der Waals surface area contributed by atoms with Gasteiger partial charge in [-0.25, -0.2) is 0 Å². The molecule has 0 amide bonds. The maximum absolute atomic E-state index is 11.3. The molecular formula is C17H29NO2. The van der Waals surface area contributed by atoms with Crippen molar-refractivity contribution in [3.8, 4) is 0 Å². The van der Waals surface area contributed by atoms with E-state index in [1.54, 1.807) is 0 Å². The van der Waals surface area contributed by atoms with Crippen LogP contribution in [0.2, 0.25) is 0 Å². The molecule has 0 unspecified atom stereocenters. The molecule has 4 aliphatic carbocycles. The van der Waals surface area contributed by atoms with E-state index < -0.39 is 0 Å². The molecule has 20 heavy (non-hydrogen) atoms. The third kappa shape index (κ3) is 2.88. The topological polar surface area (TPSA) is 29.5 Å². The number of nitrogens with zero attached hydrogens (tertiary/aromatic N) is 1. The highest BCUT2D eigenvalue weighted by Gasteiger charge is 2.51. The maximum atomic E-state index is 11.3. The zero-order valence-corrected chi connectivity index (χ0v) is 13.1.